The van der Waals surface area contributed by atoms with E-state index in [1.807, 2.05) is 12.1 Å². The zero-order valence-corrected chi connectivity index (χ0v) is 26.4. The number of ether oxygens (including phenoxy) is 3. The van der Waals surface area contributed by atoms with Crippen molar-refractivity contribution in [1.82, 2.24) is 24.8 Å². The average Bonchev–Trinajstić information content (AvgIpc) is 3.05. The van der Waals surface area contributed by atoms with Crippen molar-refractivity contribution in [3.05, 3.63) is 47.6 Å². The molecule has 250 valence electrons. The second kappa shape index (κ2) is 13.8. The number of hydrogen-bond acceptors (Lipinski definition) is 12. The van der Waals surface area contributed by atoms with E-state index in [0.717, 1.165) is 55.6 Å². The molecule has 3 fully saturated rings. The molecule has 3 saturated heterocycles. The van der Waals surface area contributed by atoms with Crippen LogP contribution in [0.2, 0.25) is 0 Å². The lowest BCUT2D eigenvalue weighted by Crippen LogP contribution is -2.56. The first-order chi connectivity index (χ1) is 22.6. The lowest BCUT2D eigenvalue weighted by Gasteiger charge is -2.43. The number of piperazine rings is 1. The number of aliphatic hydroxyl groups is 1. The molecule has 2 N–H and O–H groups in total. The van der Waals surface area contributed by atoms with E-state index in [1.165, 1.54) is 13.3 Å². The number of carbonyl (C=O) groups excluding carboxylic acids is 1. The van der Waals surface area contributed by atoms with Gasteiger partial charge in [-0.3, -0.25) is 9.69 Å². The lowest BCUT2D eigenvalue weighted by atomic mass is 9.95. The molecular weight excluding hydrogens is 614 g/mol. The maximum absolute atomic E-state index is 14.9. The molecule has 1 amide bonds. The number of anilines is 3. The van der Waals surface area contributed by atoms with Gasteiger partial charge in [0.05, 0.1) is 44.2 Å². The van der Waals surface area contributed by atoms with Crippen molar-refractivity contribution in [3.63, 3.8) is 0 Å². The number of halogens is 2. The van der Waals surface area contributed by atoms with Crippen molar-refractivity contribution >= 4 is 28.8 Å². The van der Waals surface area contributed by atoms with Crippen LogP contribution in [0.25, 0.3) is 5.57 Å². The number of aromatic nitrogens is 3. The highest BCUT2D eigenvalue weighted by atomic mass is 19.3. The number of methoxy groups -OCH3 is 1. The summed E-state index contributed by atoms with van der Waals surface area (Å²) in [6.07, 6.45) is 0.658. The Labute approximate surface area is 271 Å². The van der Waals surface area contributed by atoms with Gasteiger partial charge in [-0.25, -0.2) is 18.7 Å². The van der Waals surface area contributed by atoms with E-state index in [2.05, 4.69) is 36.1 Å². The lowest BCUT2D eigenvalue weighted by molar-refractivity contribution is -0.174. The SMILES string of the molecule is COc1nc(Nc2cc(C3=CC(C#N)=C(O[C@@H]4CCN(C(=O)[C@@H](C)O)CC4(F)F)CC3)ncn2)ccc1N1CCN(C2COC2)CC1. The number of allylic oxidation sites excluding steroid dienone is 4. The summed E-state index contributed by atoms with van der Waals surface area (Å²) in [6, 6.07) is 8.16. The summed E-state index contributed by atoms with van der Waals surface area (Å²) < 4.78 is 46.6. The van der Waals surface area contributed by atoms with Gasteiger partial charge in [0.2, 0.25) is 5.88 Å². The number of alkyl halides is 2. The Bertz CT molecular complexity index is 1580. The van der Waals surface area contributed by atoms with E-state index in [-0.39, 0.29) is 30.7 Å². The molecular formula is C32H38F2N8O5. The smallest absolute Gasteiger partial charge is 0.301 e. The largest absolute Gasteiger partial charge is 0.487 e. The summed E-state index contributed by atoms with van der Waals surface area (Å²) in [7, 11) is 1.59. The molecule has 2 aromatic heterocycles. The monoisotopic (exact) mass is 652 g/mol. The fourth-order valence-corrected chi connectivity index (χ4v) is 6.21. The molecule has 0 saturated carbocycles. The second-order valence-electron chi connectivity index (χ2n) is 12.1. The number of likely N-dealkylation sites (tertiary alicyclic amines) is 1. The predicted molar refractivity (Wildman–Crippen MR) is 167 cm³/mol. The number of aliphatic hydroxyl groups excluding tert-OH is 1. The van der Waals surface area contributed by atoms with Crippen LogP contribution in [0.1, 0.15) is 31.9 Å². The van der Waals surface area contributed by atoms with Crippen LogP contribution in [-0.2, 0) is 14.3 Å². The topological polar surface area (TPSA) is 149 Å². The van der Waals surface area contributed by atoms with Gasteiger partial charge in [-0.15, -0.1) is 0 Å². The van der Waals surface area contributed by atoms with Crippen LogP contribution >= 0.6 is 0 Å². The number of nitriles is 1. The number of carbonyl (C=O) groups is 1. The zero-order chi connectivity index (χ0) is 33.1. The number of nitrogens with one attached hydrogen (secondary N) is 1. The van der Waals surface area contributed by atoms with E-state index in [0.29, 0.717) is 35.7 Å². The van der Waals surface area contributed by atoms with E-state index in [1.54, 1.807) is 19.3 Å². The molecule has 2 atom stereocenters. The first kappa shape index (κ1) is 32.5. The maximum atomic E-state index is 14.9. The summed E-state index contributed by atoms with van der Waals surface area (Å²) in [5.41, 5.74) is 2.37. The Morgan fingerprint density at radius 1 is 1.17 bits per heavy atom. The van der Waals surface area contributed by atoms with E-state index in [4.69, 9.17) is 14.2 Å². The molecule has 6 rings (SSSR count). The van der Waals surface area contributed by atoms with Gasteiger partial charge < -0.3 is 34.4 Å². The van der Waals surface area contributed by atoms with Crippen LogP contribution < -0.4 is 15.0 Å². The van der Waals surface area contributed by atoms with Crippen LogP contribution in [0.3, 0.4) is 0 Å². The molecule has 0 bridgehead atoms. The van der Waals surface area contributed by atoms with Crippen LogP contribution in [0.15, 0.2) is 41.9 Å². The van der Waals surface area contributed by atoms with Crippen molar-refractivity contribution in [3.8, 4) is 11.9 Å². The Morgan fingerprint density at radius 2 is 1.96 bits per heavy atom. The third-order valence-electron chi connectivity index (χ3n) is 8.93. The first-order valence-electron chi connectivity index (χ1n) is 15.7. The summed E-state index contributed by atoms with van der Waals surface area (Å²) in [5, 5.41) is 22.6. The van der Waals surface area contributed by atoms with Crippen molar-refractivity contribution in [2.24, 2.45) is 0 Å². The molecule has 3 aliphatic heterocycles. The van der Waals surface area contributed by atoms with Crippen molar-refractivity contribution in [1.29, 1.82) is 5.26 Å². The molecule has 1 aliphatic carbocycles. The van der Waals surface area contributed by atoms with Gasteiger partial charge in [0.25, 0.3) is 5.91 Å². The molecule has 5 heterocycles. The maximum Gasteiger partial charge on any atom is 0.301 e. The zero-order valence-electron chi connectivity index (χ0n) is 26.4. The highest BCUT2D eigenvalue weighted by Crippen LogP contribution is 2.37. The highest BCUT2D eigenvalue weighted by Gasteiger charge is 2.48. The summed E-state index contributed by atoms with van der Waals surface area (Å²) >= 11 is 0. The quantitative estimate of drug-likeness (QED) is 0.410. The summed E-state index contributed by atoms with van der Waals surface area (Å²) in [4.78, 5) is 31.1. The minimum atomic E-state index is -3.34. The normalized spacial score (nSPS) is 22.6. The average molecular weight is 653 g/mol. The number of piperidine rings is 1. The van der Waals surface area contributed by atoms with Crippen LogP contribution in [0.5, 0.6) is 5.88 Å². The van der Waals surface area contributed by atoms with E-state index in [9.17, 15) is 23.9 Å². The number of rotatable bonds is 9. The summed E-state index contributed by atoms with van der Waals surface area (Å²) in [5.74, 6) is -2.39. The van der Waals surface area contributed by atoms with Crippen LogP contribution in [-0.4, -0.2) is 120 Å². The van der Waals surface area contributed by atoms with E-state index >= 15 is 0 Å². The first-order valence-corrected chi connectivity index (χ1v) is 15.7. The second-order valence-corrected chi connectivity index (χ2v) is 12.1. The highest BCUT2D eigenvalue weighted by molar-refractivity contribution is 5.80. The number of pyridine rings is 1. The van der Waals surface area contributed by atoms with Crippen LogP contribution in [0, 0.1) is 11.3 Å². The third kappa shape index (κ3) is 7.14. The van der Waals surface area contributed by atoms with Gasteiger partial charge in [-0.1, -0.05) is 0 Å². The molecule has 2 aromatic rings. The molecule has 47 heavy (non-hydrogen) atoms. The van der Waals surface area contributed by atoms with Crippen molar-refractivity contribution in [2.75, 3.05) is 69.8 Å². The standard InChI is InChI=1S/C32H38F2N8O5/c1-20(43)31(44)42-8-7-27(32(33,34)18-42)47-26-5-3-21(13-22(26)15-35)24-14-29(37-19-36-24)38-28-6-4-25(30(39-28)45-2)41-11-9-40(10-12-41)23-16-46-17-23/h4,6,13-14,19-20,23,27,43H,3,5,7-12,16-18H2,1-2H3,(H,36,37,38,39)/t20-,27-/m1/s1. The van der Waals surface area contributed by atoms with Crippen molar-refractivity contribution in [2.45, 2.75) is 50.4 Å². The molecule has 15 heteroatoms. The molecule has 13 nitrogen and oxygen atoms in total. The Hall–Kier alpha value is -4.39. The Balaban J connectivity index is 1.12. The summed E-state index contributed by atoms with van der Waals surface area (Å²) in [6.45, 7) is 5.65. The van der Waals surface area contributed by atoms with Crippen LogP contribution in [0.4, 0.5) is 26.1 Å². The molecule has 4 aliphatic rings. The minimum absolute atomic E-state index is 0.0218. The van der Waals surface area contributed by atoms with Gasteiger partial charge in [0.1, 0.15) is 41.6 Å². The fraction of sp³-hybridized carbons (Fsp3) is 0.531. The van der Waals surface area contributed by atoms with Gasteiger partial charge in [0.15, 0.2) is 6.10 Å². The fourth-order valence-electron chi connectivity index (χ4n) is 6.21. The number of amides is 1. The Morgan fingerprint density at radius 3 is 2.62 bits per heavy atom. The molecule has 0 aromatic carbocycles. The molecule has 0 unspecified atom stereocenters. The minimum Gasteiger partial charge on any atom is -0.487 e. The van der Waals surface area contributed by atoms with Gasteiger partial charge >= 0.3 is 5.92 Å². The third-order valence-corrected chi connectivity index (χ3v) is 8.93. The molecule has 0 spiro atoms. The van der Waals surface area contributed by atoms with Gasteiger partial charge in [0, 0.05) is 51.6 Å². The number of nitrogens with zero attached hydrogens (tertiary/aromatic N) is 7. The predicted octanol–water partition coefficient (Wildman–Crippen LogP) is 2.73. The molecule has 0 radical (unpaired) electrons. The van der Waals surface area contributed by atoms with Gasteiger partial charge in [-0.2, -0.15) is 10.2 Å². The van der Waals surface area contributed by atoms with E-state index < -0.39 is 30.6 Å². The van der Waals surface area contributed by atoms with Gasteiger partial charge in [-0.05, 0) is 37.1 Å². The number of hydrogen-bond donors (Lipinski definition) is 2. The Kier molecular flexibility index (Phi) is 9.53. The van der Waals surface area contributed by atoms with Crippen molar-refractivity contribution < 1.29 is 32.9 Å².